The molecule has 1 atom stereocenters. The molecule has 1 saturated heterocycles. The monoisotopic (exact) mass is 372 g/mol. The van der Waals surface area contributed by atoms with E-state index in [0.29, 0.717) is 5.56 Å². The van der Waals surface area contributed by atoms with Gasteiger partial charge in [-0.1, -0.05) is 12.1 Å². The maximum Gasteiger partial charge on any atom is 0.410 e. The Balaban J connectivity index is 2.03. The SMILES string of the molecule is C[C@H]1CN(C(=O)OC(C)(C)C)CCN1S(=O)(=O)Cc1cccc(F)c1. The zero-order valence-corrected chi connectivity index (χ0v) is 15.8. The van der Waals surface area contributed by atoms with Crippen molar-refractivity contribution in [2.75, 3.05) is 19.6 Å². The van der Waals surface area contributed by atoms with Crippen LogP contribution < -0.4 is 0 Å². The average molecular weight is 372 g/mol. The number of nitrogens with zero attached hydrogens (tertiary/aromatic N) is 2. The number of benzene rings is 1. The van der Waals surface area contributed by atoms with Crippen molar-refractivity contribution in [3.63, 3.8) is 0 Å². The summed E-state index contributed by atoms with van der Waals surface area (Å²) < 4.78 is 45.3. The third-order valence-corrected chi connectivity index (χ3v) is 5.77. The van der Waals surface area contributed by atoms with Gasteiger partial charge in [0.15, 0.2) is 0 Å². The van der Waals surface area contributed by atoms with E-state index >= 15 is 0 Å². The Hall–Kier alpha value is -1.67. The average Bonchev–Trinajstić information content (AvgIpc) is 2.44. The van der Waals surface area contributed by atoms with E-state index in [1.54, 1.807) is 33.8 Å². The van der Waals surface area contributed by atoms with Gasteiger partial charge in [0.05, 0.1) is 5.75 Å². The highest BCUT2D eigenvalue weighted by molar-refractivity contribution is 7.88. The minimum Gasteiger partial charge on any atom is -0.444 e. The van der Waals surface area contributed by atoms with Crippen LogP contribution in [0.15, 0.2) is 24.3 Å². The molecule has 1 aliphatic heterocycles. The van der Waals surface area contributed by atoms with Gasteiger partial charge in [0.25, 0.3) is 0 Å². The summed E-state index contributed by atoms with van der Waals surface area (Å²) in [6.45, 7) is 7.83. The Morgan fingerprint density at radius 3 is 2.56 bits per heavy atom. The molecule has 0 bridgehead atoms. The zero-order chi connectivity index (χ0) is 18.8. The molecule has 1 aromatic carbocycles. The predicted octanol–water partition coefficient (Wildman–Crippen LogP) is 2.60. The summed E-state index contributed by atoms with van der Waals surface area (Å²) in [5.41, 5.74) is -0.192. The van der Waals surface area contributed by atoms with E-state index in [4.69, 9.17) is 4.74 Å². The molecule has 0 spiro atoms. The second kappa shape index (κ2) is 7.29. The van der Waals surface area contributed by atoms with Crippen molar-refractivity contribution in [1.29, 1.82) is 0 Å². The van der Waals surface area contributed by atoms with E-state index in [9.17, 15) is 17.6 Å². The number of halogens is 1. The smallest absolute Gasteiger partial charge is 0.410 e. The number of amides is 1. The minimum absolute atomic E-state index is 0.193. The first-order valence-electron chi connectivity index (χ1n) is 8.20. The van der Waals surface area contributed by atoms with Gasteiger partial charge >= 0.3 is 6.09 Å². The van der Waals surface area contributed by atoms with Crippen molar-refractivity contribution in [3.8, 4) is 0 Å². The molecule has 1 aromatic rings. The Morgan fingerprint density at radius 2 is 2.00 bits per heavy atom. The summed E-state index contributed by atoms with van der Waals surface area (Å²) in [7, 11) is -3.60. The molecule has 8 heteroatoms. The zero-order valence-electron chi connectivity index (χ0n) is 15.0. The van der Waals surface area contributed by atoms with E-state index in [-0.39, 0.29) is 31.4 Å². The normalized spacial score (nSPS) is 19.7. The predicted molar refractivity (Wildman–Crippen MR) is 93.0 cm³/mol. The lowest BCUT2D eigenvalue weighted by Gasteiger charge is -2.39. The number of hydrogen-bond donors (Lipinski definition) is 0. The van der Waals surface area contributed by atoms with Gasteiger partial charge in [0, 0.05) is 25.7 Å². The van der Waals surface area contributed by atoms with E-state index in [1.165, 1.54) is 27.4 Å². The van der Waals surface area contributed by atoms with E-state index < -0.39 is 27.5 Å². The van der Waals surface area contributed by atoms with Gasteiger partial charge < -0.3 is 9.64 Å². The standard InChI is InChI=1S/C17H25FN2O4S/c1-13-11-19(16(21)24-17(2,3)4)8-9-20(13)25(22,23)12-14-6-5-7-15(18)10-14/h5-7,10,13H,8-9,11-12H2,1-4H3/t13-/m0/s1. The maximum atomic E-state index is 13.3. The van der Waals surface area contributed by atoms with Crippen molar-refractivity contribution < 1.29 is 22.3 Å². The molecule has 1 amide bonds. The molecule has 0 radical (unpaired) electrons. The highest BCUT2D eigenvalue weighted by Gasteiger charge is 2.35. The van der Waals surface area contributed by atoms with Gasteiger partial charge in [-0.15, -0.1) is 0 Å². The fraction of sp³-hybridized carbons (Fsp3) is 0.588. The number of piperazine rings is 1. The van der Waals surface area contributed by atoms with Crippen LogP contribution in [0.4, 0.5) is 9.18 Å². The van der Waals surface area contributed by atoms with Crippen LogP contribution >= 0.6 is 0 Å². The number of carbonyl (C=O) groups is 1. The van der Waals surface area contributed by atoms with Crippen LogP contribution in [0.2, 0.25) is 0 Å². The van der Waals surface area contributed by atoms with Crippen LogP contribution in [0.25, 0.3) is 0 Å². The number of hydrogen-bond acceptors (Lipinski definition) is 4. The number of ether oxygens (including phenoxy) is 1. The Bertz CT molecular complexity index is 730. The minimum atomic E-state index is -3.60. The highest BCUT2D eigenvalue weighted by atomic mass is 32.2. The third-order valence-electron chi connectivity index (χ3n) is 3.81. The first-order chi connectivity index (χ1) is 11.5. The number of carbonyl (C=O) groups excluding carboxylic acids is 1. The molecule has 0 aliphatic carbocycles. The lowest BCUT2D eigenvalue weighted by atomic mass is 10.2. The van der Waals surface area contributed by atoms with E-state index in [0.717, 1.165) is 0 Å². The van der Waals surface area contributed by atoms with Crippen LogP contribution in [0.5, 0.6) is 0 Å². The topological polar surface area (TPSA) is 66.9 Å². The molecule has 25 heavy (non-hydrogen) atoms. The molecule has 0 unspecified atom stereocenters. The van der Waals surface area contributed by atoms with Gasteiger partial charge in [0.2, 0.25) is 10.0 Å². The second-order valence-corrected chi connectivity index (χ2v) is 9.19. The molecular weight excluding hydrogens is 347 g/mol. The lowest BCUT2D eigenvalue weighted by molar-refractivity contribution is 0.0143. The molecule has 1 aliphatic rings. The molecular formula is C17H25FN2O4S. The van der Waals surface area contributed by atoms with Gasteiger partial charge in [-0.3, -0.25) is 0 Å². The van der Waals surface area contributed by atoms with Crippen molar-refractivity contribution in [2.24, 2.45) is 0 Å². The summed E-state index contributed by atoms with van der Waals surface area (Å²) in [6, 6.07) is 5.20. The summed E-state index contributed by atoms with van der Waals surface area (Å²) in [5, 5.41) is 0. The van der Waals surface area contributed by atoms with Crippen LogP contribution in [0.1, 0.15) is 33.3 Å². The molecule has 0 saturated carbocycles. The van der Waals surface area contributed by atoms with Crippen LogP contribution in [0.3, 0.4) is 0 Å². The molecule has 140 valence electrons. The fourth-order valence-corrected chi connectivity index (χ4v) is 4.51. The van der Waals surface area contributed by atoms with Gasteiger partial charge in [0.1, 0.15) is 11.4 Å². The summed E-state index contributed by atoms with van der Waals surface area (Å²) >= 11 is 0. The molecule has 2 rings (SSSR count). The molecule has 1 heterocycles. The highest BCUT2D eigenvalue weighted by Crippen LogP contribution is 2.20. The van der Waals surface area contributed by atoms with Gasteiger partial charge in [-0.2, -0.15) is 4.31 Å². The summed E-state index contributed by atoms with van der Waals surface area (Å²) in [4.78, 5) is 13.7. The van der Waals surface area contributed by atoms with Crippen molar-refractivity contribution in [3.05, 3.63) is 35.6 Å². The Labute approximate surface area is 148 Å². The first kappa shape index (κ1) is 19.7. The lowest BCUT2D eigenvalue weighted by Crippen LogP contribution is -2.56. The van der Waals surface area contributed by atoms with Crippen LogP contribution in [0, 0.1) is 5.82 Å². The van der Waals surface area contributed by atoms with E-state index in [2.05, 4.69) is 0 Å². The quantitative estimate of drug-likeness (QED) is 0.818. The van der Waals surface area contributed by atoms with E-state index in [1.807, 2.05) is 0 Å². The Morgan fingerprint density at radius 1 is 1.32 bits per heavy atom. The Kier molecular flexibility index (Phi) is 5.73. The van der Waals surface area contributed by atoms with Crippen LogP contribution in [-0.4, -0.2) is 55.0 Å². The molecule has 0 N–H and O–H groups in total. The van der Waals surface area contributed by atoms with Gasteiger partial charge in [-0.05, 0) is 45.4 Å². The largest absolute Gasteiger partial charge is 0.444 e. The molecule has 6 nitrogen and oxygen atoms in total. The summed E-state index contributed by atoms with van der Waals surface area (Å²) in [5.74, 6) is -0.725. The first-order valence-corrected chi connectivity index (χ1v) is 9.81. The van der Waals surface area contributed by atoms with Crippen molar-refractivity contribution in [2.45, 2.75) is 45.1 Å². The van der Waals surface area contributed by atoms with Crippen molar-refractivity contribution >= 4 is 16.1 Å². The molecule has 0 aromatic heterocycles. The fourth-order valence-electron chi connectivity index (χ4n) is 2.77. The maximum absolute atomic E-state index is 13.3. The van der Waals surface area contributed by atoms with Crippen LogP contribution in [-0.2, 0) is 20.5 Å². The van der Waals surface area contributed by atoms with Crippen molar-refractivity contribution in [1.82, 2.24) is 9.21 Å². The van der Waals surface area contributed by atoms with Gasteiger partial charge in [-0.25, -0.2) is 17.6 Å². The second-order valence-electron chi connectivity index (χ2n) is 7.27. The third kappa shape index (κ3) is 5.40. The molecule has 1 fully saturated rings. The number of sulfonamides is 1. The number of rotatable bonds is 3. The summed E-state index contributed by atoms with van der Waals surface area (Å²) in [6.07, 6.45) is -0.443.